The molecule has 0 aliphatic carbocycles. The van der Waals surface area contributed by atoms with Gasteiger partial charge in [0, 0.05) is 22.0 Å². The number of halogens is 1. The van der Waals surface area contributed by atoms with E-state index in [-0.39, 0.29) is 41.9 Å². The normalized spacial score (nSPS) is 25.0. The number of carbonyl (C=O) groups excluding carboxylic acids is 1. The maximum absolute atomic E-state index is 12.6. The number of amides is 1. The van der Waals surface area contributed by atoms with Crippen molar-refractivity contribution in [2.24, 2.45) is 4.99 Å². The lowest BCUT2D eigenvalue weighted by atomic mass is 10.1. The van der Waals surface area contributed by atoms with Crippen molar-refractivity contribution in [3.63, 3.8) is 0 Å². The van der Waals surface area contributed by atoms with Crippen LogP contribution in [0.15, 0.2) is 47.5 Å². The van der Waals surface area contributed by atoms with E-state index in [9.17, 15) is 13.2 Å². The second-order valence-corrected chi connectivity index (χ2v) is 11.1. The van der Waals surface area contributed by atoms with Crippen LogP contribution in [0.3, 0.4) is 0 Å². The van der Waals surface area contributed by atoms with Gasteiger partial charge < -0.3 is 14.4 Å². The fourth-order valence-electron chi connectivity index (χ4n) is 3.82. The molecule has 0 spiro atoms. The lowest BCUT2D eigenvalue weighted by Crippen LogP contribution is -2.37. The number of fused-ring (bicyclic) bond motifs is 2. The Kier molecular flexibility index (Phi) is 4.91. The number of hydrogen-bond donors (Lipinski definition) is 0. The summed E-state index contributed by atoms with van der Waals surface area (Å²) >= 11 is 7.24. The average molecular weight is 465 g/mol. The summed E-state index contributed by atoms with van der Waals surface area (Å²) in [6, 6.07) is 12.2. The molecule has 2 saturated heterocycles. The maximum Gasteiger partial charge on any atom is 0.252 e. The second kappa shape index (κ2) is 7.47. The van der Waals surface area contributed by atoms with Crippen LogP contribution in [0.5, 0.6) is 11.5 Å². The Labute approximate surface area is 182 Å². The average Bonchev–Trinajstić information content (AvgIpc) is 3.34. The van der Waals surface area contributed by atoms with Gasteiger partial charge in [0.05, 0.1) is 24.0 Å². The zero-order valence-corrected chi connectivity index (χ0v) is 18.0. The van der Waals surface area contributed by atoms with Crippen LogP contribution in [0.25, 0.3) is 0 Å². The number of carbonyl (C=O) groups is 1. The molecule has 10 heteroatoms. The molecule has 2 atom stereocenters. The van der Waals surface area contributed by atoms with Crippen molar-refractivity contribution in [1.29, 1.82) is 0 Å². The number of nitrogens with zero attached hydrogens (tertiary/aromatic N) is 2. The lowest BCUT2D eigenvalue weighted by molar-refractivity contribution is -0.117. The minimum atomic E-state index is -3.13. The lowest BCUT2D eigenvalue weighted by Gasteiger charge is -2.24. The van der Waals surface area contributed by atoms with Gasteiger partial charge in [0.25, 0.3) is 5.91 Å². The van der Waals surface area contributed by atoms with E-state index in [1.165, 1.54) is 11.8 Å². The molecule has 2 aromatic rings. The van der Waals surface area contributed by atoms with Crippen LogP contribution in [0.4, 0.5) is 5.69 Å². The van der Waals surface area contributed by atoms with E-state index >= 15 is 0 Å². The van der Waals surface area contributed by atoms with Crippen LogP contribution in [-0.4, -0.2) is 49.1 Å². The molecule has 3 aliphatic rings. The highest BCUT2D eigenvalue weighted by molar-refractivity contribution is 8.16. The molecule has 0 N–H and O–H groups in total. The van der Waals surface area contributed by atoms with Crippen molar-refractivity contribution < 1.29 is 22.7 Å². The summed E-state index contributed by atoms with van der Waals surface area (Å²) in [7, 11) is -3.13. The Balaban J connectivity index is 1.46. The van der Waals surface area contributed by atoms with E-state index in [1.54, 1.807) is 36.4 Å². The van der Waals surface area contributed by atoms with E-state index in [0.717, 1.165) is 11.3 Å². The molecule has 3 aliphatic heterocycles. The van der Waals surface area contributed by atoms with Gasteiger partial charge in [0.15, 0.2) is 26.5 Å². The molecule has 30 heavy (non-hydrogen) atoms. The number of rotatable bonds is 3. The SMILES string of the molecule is O=C(Cc1ccc(Cl)cc1)N=C1S[C@H]2CS(=O)(=O)C[C@@H]2N1c1ccc2c(c1)OCO2. The fourth-order valence-corrected chi connectivity index (χ4v) is 7.88. The highest BCUT2D eigenvalue weighted by Crippen LogP contribution is 2.43. The molecule has 0 saturated carbocycles. The van der Waals surface area contributed by atoms with Crippen molar-refractivity contribution in [1.82, 2.24) is 0 Å². The smallest absolute Gasteiger partial charge is 0.252 e. The van der Waals surface area contributed by atoms with E-state index in [1.807, 2.05) is 11.0 Å². The van der Waals surface area contributed by atoms with Gasteiger partial charge in [-0.05, 0) is 29.8 Å². The number of hydrogen-bond acceptors (Lipinski definition) is 6. The molecule has 7 nitrogen and oxygen atoms in total. The maximum atomic E-state index is 12.6. The Morgan fingerprint density at radius 3 is 2.70 bits per heavy atom. The van der Waals surface area contributed by atoms with E-state index in [4.69, 9.17) is 21.1 Å². The van der Waals surface area contributed by atoms with Gasteiger partial charge in [0.1, 0.15) is 0 Å². The first-order valence-electron chi connectivity index (χ1n) is 9.30. The predicted octanol–water partition coefficient (Wildman–Crippen LogP) is 2.91. The third-order valence-electron chi connectivity index (χ3n) is 5.19. The number of ether oxygens (including phenoxy) is 2. The monoisotopic (exact) mass is 464 g/mol. The van der Waals surface area contributed by atoms with Gasteiger partial charge in [-0.1, -0.05) is 35.5 Å². The summed E-state index contributed by atoms with van der Waals surface area (Å²) in [5.41, 5.74) is 1.54. The van der Waals surface area contributed by atoms with Crippen molar-refractivity contribution >= 4 is 50.0 Å². The van der Waals surface area contributed by atoms with Crippen LogP contribution in [0.2, 0.25) is 5.02 Å². The Morgan fingerprint density at radius 1 is 1.13 bits per heavy atom. The topological polar surface area (TPSA) is 85.3 Å². The van der Waals surface area contributed by atoms with Gasteiger partial charge in [-0.3, -0.25) is 4.79 Å². The first-order chi connectivity index (χ1) is 14.4. The van der Waals surface area contributed by atoms with E-state index < -0.39 is 9.84 Å². The number of benzene rings is 2. The molecule has 0 unspecified atom stereocenters. The standard InChI is InChI=1S/C20H17ClN2O5S2/c21-13-3-1-12(2-4-13)7-19(24)22-20-23(15-9-30(25,26)10-18(15)29-20)14-5-6-16-17(8-14)28-11-27-16/h1-6,8,15,18H,7,9-11H2/t15-,18-/m0/s1. The number of sulfone groups is 1. The van der Waals surface area contributed by atoms with Gasteiger partial charge in [-0.25, -0.2) is 8.42 Å². The van der Waals surface area contributed by atoms with Crippen molar-refractivity contribution in [2.75, 3.05) is 23.2 Å². The van der Waals surface area contributed by atoms with Gasteiger partial charge in [0.2, 0.25) is 6.79 Å². The molecular formula is C20H17ClN2O5S2. The summed E-state index contributed by atoms with van der Waals surface area (Å²) in [4.78, 5) is 18.8. The molecule has 156 valence electrons. The quantitative estimate of drug-likeness (QED) is 0.690. The molecule has 0 aromatic heterocycles. The van der Waals surface area contributed by atoms with Crippen LogP contribution in [0.1, 0.15) is 5.56 Å². The molecule has 0 radical (unpaired) electrons. The summed E-state index contributed by atoms with van der Waals surface area (Å²) in [5, 5.41) is 0.951. The van der Waals surface area contributed by atoms with Crippen LogP contribution >= 0.6 is 23.4 Å². The minimum Gasteiger partial charge on any atom is -0.454 e. The summed E-state index contributed by atoms with van der Waals surface area (Å²) < 4.78 is 35.2. The molecular weight excluding hydrogens is 448 g/mol. The highest BCUT2D eigenvalue weighted by Gasteiger charge is 2.49. The molecule has 2 fully saturated rings. The van der Waals surface area contributed by atoms with Crippen LogP contribution in [-0.2, 0) is 21.1 Å². The third kappa shape index (κ3) is 3.77. The van der Waals surface area contributed by atoms with Crippen LogP contribution < -0.4 is 14.4 Å². The molecule has 2 aromatic carbocycles. The minimum absolute atomic E-state index is 0.0313. The highest BCUT2D eigenvalue weighted by atomic mass is 35.5. The number of thioether (sulfide) groups is 1. The molecule has 1 amide bonds. The molecule has 5 rings (SSSR count). The third-order valence-corrected chi connectivity index (χ3v) is 8.65. The molecule has 0 bridgehead atoms. The van der Waals surface area contributed by atoms with Crippen molar-refractivity contribution in [3.8, 4) is 11.5 Å². The summed E-state index contributed by atoms with van der Waals surface area (Å²) in [5.74, 6) is 1.04. The van der Waals surface area contributed by atoms with Crippen molar-refractivity contribution in [2.45, 2.75) is 17.7 Å². The Morgan fingerprint density at radius 2 is 1.90 bits per heavy atom. The predicted molar refractivity (Wildman–Crippen MR) is 116 cm³/mol. The van der Waals surface area contributed by atoms with Gasteiger partial charge >= 0.3 is 0 Å². The van der Waals surface area contributed by atoms with E-state index in [2.05, 4.69) is 4.99 Å². The van der Waals surface area contributed by atoms with Gasteiger partial charge in [-0.2, -0.15) is 4.99 Å². The largest absolute Gasteiger partial charge is 0.454 e. The van der Waals surface area contributed by atoms with Gasteiger partial charge in [-0.15, -0.1) is 0 Å². The zero-order valence-electron chi connectivity index (χ0n) is 15.7. The first kappa shape index (κ1) is 19.7. The zero-order chi connectivity index (χ0) is 20.9. The number of aliphatic imine (C=N–C) groups is 1. The number of amidine groups is 1. The van der Waals surface area contributed by atoms with Crippen molar-refractivity contribution in [3.05, 3.63) is 53.1 Å². The van der Waals surface area contributed by atoms with E-state index in [0.29, 0.717) is 21.7 Å². The van der Waals surface area contributed by atoms with Crippen LogP contribution in [0, 0.1) is 0 Å². The fraction of sp³-hybridized carbons (Fsp3) is 0.300. The summed E-state index contributed by atoms with van der Waals surface area (Å²) in [6.07, 6.45) is 0.143. The Bertz CT molecular complexity index is 1150. The number of anilines is 1. The molecule has 3 heterocycles. The second-order valence-electron chi connectivity index (χ2n) is 7.30. The first-order valence-corrected chi connectivity index (χ1v) is 12.4. The summed E-state index contributed by atoms with van der Waals surface area (Å²) in [6.45, 7) is 0.147. The Hall–Kier alpha value is -2.23.